The van der Waals surface area contributed by atoms with Crippen molar-refractivity contribution in [2.24, 2.45) is 0 Å². The van der Waals surface area contributed by atoms with Crippen LogP contribution in [0.2, 0.25) is 0 Å². The molecule has 1 unspecified atom stereocenters. The van der Waals surface area contributed by atoms with Gasteiger partial charge in [-0.3, -0.25) is 9.59 Å². The van der Waals surface area contributed by atoms with Crippen LogP contribution < -0.4 is 10.6 Å². The number of nitrogens with zero attached hydrogens (tertiary/aromatic N) is 1. The molecule has 6 nitrogen and oxygen atoms in total. The number of anilines is 1. The first-order valence-corrected chi connectivity index (χ1v) is 9.86. The molecule has 1 aromatic carbocycles. The van der Waals surface area contributed by atoms with Gasteiger partial charge < -0.3 is 15.4 Å². The number of thiazole rings is 1. The summed E-state index contributed by atoms with van der Waals surface area (Å²) in [6, 6.07) is 2.15. The van der Waals surface area contributed by atoms with Crippen molar-refractivity contribution in [2.45, 2.75) is 45.8 Å². The van der Waals surface area contributed by atoms with Gasteiger partial charge in [0.25, 0.3) is 0 Å². The van der Waals surface area contributed by atoms with Gasteiger partial charge in [0.2, 0.25) is 11.8 Å². The number of aromatic nitrogens is 1. The van der Waals surface area contributed by atoms with Gasteiger partial charge in [-0.15, -0.1) is 11.3 Å². The summed E-state index contributed by atoms with van der Waals surface area (Å²) in [4.78, 5) is 29.0. The van der Waals surface area contributed by atoms with E-state index in [1.807, 2.05) is 13.8 Å². The zero-order valence-corrected chi connectivity index (χ0v) is 16.6. The maximum absolute atomic E-state index is 13.3. The molecule has 0 aliphatic rings. The summed E-state index contributed by atoms with van der Waals surface area (Å²) in [5.41, 5.74) is 0.914. The Hall–Kier alpha value is -2.39. The van der Waals surface area contributed by atoms with Gasteiger partial charge in [0.05, 0.1) is 18.7 Å². The number of carbonyl (C=O) groups is 2. The molecule has 1 aromatic heterocycles. The largest absolute Gasteiger partial charge is 0.375 e. The van der Waals surface area contributed by atoms with Gasteiger partial charge in [0, 0.05) is 18.1 Å². The third kappa shape index (κ3) is 6.97. The van der Waals surface area contributed by atoms with Crippen LogP contribution in [0.15, 0.2) is 23.6 Å². The van der Waals surface area contributed by atoms with Gasteiger partial charge >= 0.3 is 0 Å². The second kappa shape index (κ2) is 10.8. The minimum atomic E-state index is -0.768. The number of carbonyl (C=O) groups excluding carboxylic acids is 2. The van der Waals surface area contributed by atoms with Gasteiger partial charge in [-0.25, -0.2) is 13.8 Å². The lowest BCUT2D eigenvalue weighted by molar-refractivity contribution is -0.126. The van der Waals surface area contributed by atoms with Gasteiger partial charge in [-0.1, -0.05) is 13.3 Å². The molecule has 2 rings (SSSR count). The van der Waals surface area contributed by atoms with Crippen molar-refractivity contribution < 1.29 is 23.1 Å². The maximum atomic E-state index is 13.3. The van der Waals surface area contributed by atoms with Crippen LogP contribution in [0, 0.1) is 11.6 Å². The SMILES string of the molecule is CCCC(NC(=O)Cc1cc(F)cc(F)c1)C(=O)Nc1nc(COCC)cs1. The highest BCUT2D eigenvalue weighted by Crippen LogP contribution is 2.17. The van der Waals surface area contributed by atoms with Crippen LogP contribution >= 0.6 is 11.3 Å². The standard InChI is InChI=1S/C19H23F2N3O3S/c1-3-5-16(18(26)24-19-22-15(11-28-19)10-27-4-2)23-17(25)8-12-6-13(20)9-14(21)7-12/h6-7,9,11,16H,3-5,8,10H2,1-2H3,(H,23,25)(H,22,24,26). The zero-order valence-electron chi connectivity index (χ0n) is 15.8. The average Bonchev–Trinajstić information content (AvgIpc) is 3.05. The van der Waals surface area contributed by atoms with E-state index < -0.39 is 29.5 Å². The van der Waals surface area contributed by atoms with Crippen molar-refractivity contribution in [3.05, 3.63) is 46.5 Å². The predicted molar refractivity (Wildman–Crippen MR) is 103 cm³/mol. The molecule has 1 heterocycles. The smallest absolute Gasteiger partial charge is 0.248 e. The fourth-order valence-electron chi connectivity index (χ4n) is 2.53. The van der Waals surface area contributed by atoms with E-state index in [9.17, 15) is 18.4 Å². The molecule has 0 fully saturated rings. The summed E-state index contributed by atoms with van der Waals surface area (Å²) in [5.74, 6) is -2.39. The predicted octanol–water partition coefficient (Wildman–Crippen LogP) is 3.42. The third-order valence-electron chi connectivity index (χ3n) is 3.75. The van der Waals surface area contributed by atoms with Crippen LogP contribution in [0.5, 0.6) is 0 Å². The molecule has 0 aliphatic carbocycles. The topological polar surface area (TPSA) is 80.3 Å². The number of halogens is 2. The molecule has 0 saturated carbocycles. The van der Waals surface area contributed by atoms with Crippen molar-refractivity contribution >= 4 is 28.3 Å². The molecule has 2 amide bonds. The Morgan fingerprint density at radius 2 is 1.93 bits per heavy atom. The first-order valence-electron chi connectivity index (χ1n) is 8.98. The molecule has 2 aromatic rings. The van der Waals surface area contributed by atoms with Crippen molar-refractivity contribution in [3.8, 4) is 0 Å². The van der Waals surface area contributed by atoms with Crippen LogP contribution in [-0.2, 0) is 27.4 Å². The first kappa shape index (κ1) is 21.9. The molecular weight excluding hydrogens is 388 g/mol. The number of hydrogen-bond donors (Lipinski definition) is 2. The van der Waals surface area contributed by atoms with E-state index in [1.54, 1.807) is 5.38 Å². The lowest BCUT2D eigenvalue weighted by Gasteiger charge is -2.17. The lowest BCUT2D eigenvalue weighted by Crippen LogP contribution is -2.44. The van der Waals surface area contributed by atoms with E-state index in [2.05, 4.69) is 15.6 Å². The number of benzene rings is 1. The Balaban J connectivity index is 1.96. The number of amides is 2. The number of hydrogen-bond acceptors (Lipinski definition) is 5. The highest BCUT2D eigenvalue weighted by atomic mass is 32.1. The summed E-state index contributed by atoms with van der Waals surface area (Å²) in [6.45, 7) is 4.70. The molecule has 0 aliphatic heterocycles. The monoisotopic (exact) mass is 411 g/mol. The summed E-state index contributed by atoms with van der Waals surface area (Å²) < 4.78 is 31.8. The Kier molecular flexibility index (Phi) is 8.46. The fourth-order valence-corrected chi connectivity index (χ4v) is 3.23. The summed E-state index contributed by atoms with van der Waals surface area (Å²) >= 11 is 1.27. The lowest BCUT2D eigenvalue weighted by atomic mass is 10.1. The Morgan fingerprint density at radius 3 is 2.57 bits per heavy atom. The summed E-state index contributed by atoms with van der Waals surface area (Å²) in [5, 5.41) is 7.52. The quantitative estimate of drug-likeness (QED) is 0.628. The highest BCUT2D eigenvalue weighted by Gasteiger charge is 2.21. The Morgan fingerprint density at radius 1 is 1.21 bits per heavy atom. The molecule has 152 valence electrons. The number of ether oxygens (including phenoxy) is 1. The van der Waals surface area contributed by atoms with E-state index in [4.69, 9.17) is 4.74 Å². The van der Waals surface area contributed by atoms with Crippen LogP contribution in [0.25, 0.3) is 0 Å². The van der Waals surface area contributed by atoms with Gasteiger partial charge in [0.1, 0.15) is 17.7 Å². The van der Waals surface area contributed by atoms with Gasteiger partial charge in [0.15, 0.2) is 5.13 Å². The summed E-state index contributed by atoms with van der Waals surface area (Å²) in [6.07, 6.45) is 0.866. The summed E-state index contributed by atoms with van der Waals surface area (Å²) in [7, 11) is 0. The molecule has 1 atom stereocenters. The van der Waals surface area contributed by atoms with Crippen LogP contribution in [0.4, 0.5) is 13.9 Å². The van der Waals surface area contributed by atoms with E-state index in [-0.39, 0.29) is 12.0 Å². The second-order valence-electron chi connectivity index (χ2n) is 6.13. The van der Waals surface area contributed by atoms with Crippen LogP contribution in [-0.4, -0.2) is 29.4 Å². The molecule has 0 radical (unpaired) electrons. The fraction of sp³-hybridized carbons (Fsp3) is 0.421. The van der Waals surface area contributed by atoms with Crippen LogP contribution in [0.1, 0.15) is 37.9 Å². The van der Waals surface area contributed by atoms with Gasteiger partial charge in [-0.05, 0) is 31.0 Å². The van der Waals surface area contributed by atoms with E-state index in [0.717, 1.165) is 18.2 Å². The average molecular weight is 411 g/mol. The minimum absolute atomic E-state index is 0.200. The molecular formula is C19H23F2N3O3S. The van der Waals surface area contributed by atoms with E-state index >= 15 is 0 Å². The molecule has 9 heteroatoms. The normalized spacial score (nSPS) is 11.9. The number of rotatable bonds is 10. The highest BCUT2D eigenvalue weighted by molar-refractivity contribution is 7.13. The van der Waals surface area contributed by atoms with Crippen molar-refractivity contribution in [1.29, 1.82) is 0 Å². The second-order valence-corrected chi connectivity index (χ2v) is 6.99. The van der Waals surface area contributed by atoms with Crippen molar-refractivity contribution in [3.63, 3.8) is 0 Å². The minimum Gasteiger partial charge on any atom is -0.375 e. The zero-order chi connectivity index (χ0) is 20.5. The van der Waals surface area contributed by atoms with E-state index in [1.165, 1.54) is 11.3 Å². The Bertz CT molecular complexity index is 793. The van der Waals surface area contributed by atoms with Crippen molar-refractivity contribution in [1.82, 2.24) is 10.3 Å². The number of nitrogens with one attached hydrogen (secondary N) is 2. The molecule has 0 spiro atoms. The van der Waals surface area contributed by atoms with E-state index in [0.29, 0.717) is 36.9 Å². The molecule has 0 saturated heterocycles. The van der Waals surface area contributed by atoms with Gasteiger partial charge in [-0.2, -0.15) is 0 Å². The molecule has 0 bridgehead atoms. The third-order valence-corrected chi connectivity index (χ3v) is 4.56. The molecule has 2 N–H and O–H groups in total. The van der Waals surface area contributed by atoms with Crippen molar-refractivity contribution in [2.75, 3.05) is 11.9 Å². The molecule has 28 heavy (non-hydrogen) atoms. The maximum Gasteiger partial charge on any atom is 0.248 e. The first-order chi connectivity index (χ1) is 13.4. The Labute approximate surface area is 166 Å². The van der Waals surface area contributed by atoms with Crippen LogP contribution in [0.3, 0.4) is 0 Å².